The molecule has 23 heavy (non-hydrogen) atoms. The number of aliphatic hydroxyl groups is 1. The number of hydrogen-bond donors (Lipinski definition) is 3. The molecule has 0 heterocycles. The van der Waals surface area contributed by atoms with Gasteiger partial charge < -0.3 is 20.9 Å². The lowest BCUT2D eigenvalue weighted by molar-refractivity contribution is -0.126. The first kappa shape index (κ1) is 17.8. The fraction of sp³-hybridized carbons (Fsp3) is 0.611. The van der Waals surface area contributed by atoms with Gasteiger partial charge in [-0.1, -0.05) is 18.6 Å². The molecular weight excluding hydrogens is 292 g/mol. The Labute approximate surface area is 138 Å². The second-order valence-corrected chi connectivity index (χ2v) is 6.62. The second-order valence-electron chi connectivity index (χ2n) is 6.62. The molecule has 0 saturated heterocycles. The summed E-state index contributed by atoms with van der Waals surface area (Å²) in [4.78, 5) is 12.2. The number of carbonyl (C=O) groups is 1. The van der Waals surface area contributed by atoms with E-state index in [9.17, 15) is 9.90 Å². The minimum Gasteiger partial charge on any atom is -0.491 e. The summed E-state index contributed by atoms with van der Waals surface area (Å²) < 4.78 is 5.57. The normalized spacial score (nSPS) is 22.7. The maximum atomic E-state index is 12.2. The smallest absolute Gasteiger partial charge is 0.223 e. The van der Waals surface area contributed by atoms with Crippen LogP contribution in [0.25, 0.3) is 0 Å². The van der Waals surface area contributed by atoms with E-state index in [1.54, 1.807) is 0 Å². The summed E-state index contributed by atoms with van der Waals surface area (Å²) in [7, 11) is 0. The van der Waals surface area contributed by atoms with Crippen molar-refractivity contribution in [3.8, 4) is 5.75 Å². The highest BCUT2D eigenvalue weighted by atomic mass is 16.5. The van der Waals surface area contributed by atoms with Crippen LogP contribution in [-0.2, 0) is 4.79 Å². The molecule has 1 saturated carbocycles. The molecule has 0 aromatic heterocycles. The zero-order chi connectivity index (χ0) is 16.8. The average Bonchev–Trinajstić information content (AvgIpc) is 2.52. The third kappa shape index (κ3) is 5.52. The lowest BCUT2D eigenvalue weighted by Gasteiger charge is -2.26. The third-order valence-corrected chi connectivity index (χ3v) is 4.19. The van der Waals surface area contributed by atoms with E-state index < -0.39 is 6.10 Å². The van der Waals surface area contributed by atoms with Crippen molar-refractivity contribution in [2.75, 3.05) is 6.54 Å². The number of carbonyl (C=O) groups excluding carboxylic acids is 1. The number of aliphatic hydroxyl groups excluding tert-OH is 1. The van der Waals surface area contributed by atoms with Crippen LogP contribution in [0.2, 0.25) is 0 Å². The summed E-state index contributed by atoms with van der Waals surface area (Å²) in [5.74, 6) is 0.753. The van der Waals surface area contributed by atoms with E-state index in [-0.39, 0.29) is 30.5 Å². The predicted molar refractivity (Wildman–Crippen MR) is 90.1 cm³/mol. The number of amides is 1. The van der Waals surface area contributed by atoms with E-state index in [1.165, 1.54) is 0 Å². The second kappa shape index (κ2) is 8.31. The van der Waals surface area contributed by atoms with Crippen LogP contribution in [0.3, 0.4) is 0 Å². The number of nitrogens with two attached hydrogens (primary N) is 1. The topological polar surface area (TPSA) is 84.6 Å². The number of hydrogen-bond acceptors (Lipinski definition) is 4. The summed E-state index contributed by atoms with van der Waals surface area (Å²) in [6.45, 7) is 4.15. The lowest BCUT2D eigenvalue weighted by atomic mass is 9.85. The molecule has 1 aromatic carbocycles. The van der Waals surface area contributed by atoms with Gasteiger partial charge in [-0.05, 0) is 50.8 Å². The Morgan fingerprint density at radius 3 is 2.65 bits per heavy atom. The first-order valence-electron chi connectivity index (χ1n) is 8.43. The van der Waals surface area contributed by atoms with Gasteiger partial charge in [-0.2, -0.15) is 0 Å². The number of rotatable bonds is 6. The van der Waals surface area contributed by atoms with Crippen molar-refractivity contribution in [3.63, 3.8) is 0 Å². The van der Waals surface area contributed by atoms with E-state index >= 15 is 0 Å². The average molecular weight is 320 g/mol. The van der Waals surface area contributed by atoms with Crippen molar-refractivity contribution in [1.29, 1.82) is 0 Å². The van der Waals surface area contributed by atoms with Crippen molar-refractivity contribution < 1.29 is 14.6 Å². The third-order valence-electron chi connectivity index (χ3n) is 4.19. The van der Waals surface area contributed by atoms with E-state index in [4.69, 9.17) is 10.5 Å². The Kier molecular flexibility index (Phi) is 6.42. The Morgan fingerprint density at radius 2 is 2.04 bits per heavy atom. The van der Waals surface area contributed by atoms with Gasteiger partial charge in [-0.15, -0.1) is 0 Å². The van der Waals surface area contributed by atoms with Crippen LogP contribution in [0.4, 0.5) is 0 Å². The molecule has 1 fully saturated rings. The molecule has 1 aliphatic rings. The predicted octanol–water partition coefficient (Wildman–Crippen LogP) is 2.14. The van der Waals surface area contributed by atoms with Crippen LogP contribution in [0, 0.1) is 5.92 Å². The molecule has 2 rings (SSSR count). The zero-order valence-corrected chi connectivity index (χ0v) is 14.0. The number of ether oxygens (including phenoxy) is 1. The molecule has 1 aromatic rings. The fourth-order valence-corrected chi connectivity index (χ4v) is 2.97. The number of benzene rings is 1. The zero-order valence-electron chi connectivity index (χ0n) is 14.0. The maximum absolute atomic E-state index is 12.2. The van der Waals surface area contributed by atoms with Crippen molar-refractivity contribution in [2.45, 2.75) is 57.8 Å². The summed E-state index contributed by atoms with van der Waals surface area (Å²) in [5, 5.41) is 13.1. The Balaban J connectivity index is 1.81. The standard InChI is InChI=1S/C18H28N2O3/c1-12(2)23-16-8-6-13(7-9-16)17(21)11-20-18(22)14-4-3-5-15(19)10-14/h6-9,12,14-15,17,21H,3-5,10-11,19H2,1-2H3,(H,20,22). The van der Waals surface area contributed by atoms with E-state index in [2.05, 4.69) is 5.32 Å². The fourth-order valence-electron chi connectivity index (χ4n) is 2.97. The highest BCUT2D eigenvalue weighted by Gasteiger charge is 2.25. The van der Waals surface area contributed by atoms with Crippen molar-refractivity contribution >= 4 is 5.91 Å². The first-order chi connectivity index (χ1) is 11.0. The van der Waals surface area contributed by atoms with Gasteiger partial charge in [0.1, 0.15) is 5.75 Å². The van der Waals surface area contributed by atoms with Crippen LogP contribution in [0.5, 0.6) is 5.75 Å². The molecule has 1 amide bonds. The SMILES string of the molecule is CC(C)Oc1ccc(C(O)CNC(=O)C2CCCC(N)C2)cc1. The van der Waals surface area contributed by atoms with Crippen molar-refractivity contribution in [1.82, 2.24) is 5.32 Å². The summed E-state index contributed by atoms with van der Waals surface area (Å²) in [5.41, 5.74) is 6.68. The molecular formula is C18H28N2O3. The van der Waals surface area contributed by atoms with Gasteiger partial charge in [0.15, 0.2) is 0 Å². The van der Waals surface area contributed by atoms with Gasteiger partial charge in [0, 0.05) is 18.5 Å². The van der Waals surface area contributed by atoms with Crippen LogP contribution in [0.1, 0.15) is 51.2 Å². The quantitative estimate of drug-likeness (QED) is 0.750. The summed E-state index contributed by atoms with van der Waals surface area (Å²) in [6, 6.07) is 7.44. The van der Waals surface area contributed by atoms with Crippen molar-refractivity contribution in [3.05, 3.63) is 29.8 Å². The Hall–Kier alpha value is -1.59. The van der Waals surface area contributed by atoms with E-state index in [0.717, 1.165) is 37.0 Å². The summed E-state index contributed by atoms with van der Waals surface area (Å²) in [6.07, 6.45) is 3.02. The molecule has 0 bridgehead atoms. The van der Waals surface area contributed by atoms with Crippen LogP contribution in [0.15, 0.2) is 24.3 Å². The molecule has 4 N–H and O–H groups in total. The number of nitrogens with one attached hydrogen (secondary N) is 1. The lowest BCUT2D eigenvalue weighted by Crippen LogP contribution is -2.39. The molecule has 128 valence electrons. The molecule has 0 radical (unpaired) electrons. The van der Waals surface area contributed by atoms with Gasteiger partial charge >= 0.3 is 0 Å². The highest BCUT2D eigenvalue weighted by molar-refractivity contribution is 5.78. The molecule has 0 aliphatic heterocycles. The first-order valence-corrected chi connectivity index (χ1v) is 8.43. The molecule has 5 heteroatoms. The van der Waals surface area contributed by atoms with Gasteiger partial charge in [0.05, 0.1) is 12.2 Å². The van der Waals surface area contributed by atoms with Gasteiger partial charge in [-0.3, -0.25) is 4.79 Å². The molecule has 5 nitrogen and oxygen atoms in total. The minimum absolute atomic E-state index is 0.000962. The summed E-state index contributed by atoms with van der Waals surface area (Å²) >= 11 is 0. The maximum Gasteiger partial charge on any atom is 0.223 e. The van der Waals surface area contributed by atoms with E-state index in [0.29, 0.717) is 0 Å². The van der Waals surface area contributed by atoms with E-state index in [1.807, 2.05) is 38.1 Å². The molecule has 0 spiro atoms. The molecule has 1 aliphatic carbocycles. The molecule has 3 atom stereocenters. The van der Waals surface area contributed by atoms with Crippen LogP contribution >= 0.6 is 0 Å². The van der Waals surface area contributed by atoms with Crippen LogP contribution in [-0.4, -0.2) is 29.7 Å². The van der Waals surface area contributed by atoms with Gasteiger partial charge in [-0.25, -0.2) is 0 Å². The minimum atomic E-state index is -0.718. The molecule has 3 unspecified atom stereocenters. The monoisotopic (exact) mass is 320 g/mol. The van der Waals surface area contributed by atoms with Gasteiger partial charge in [0.2, 0.25) is 5.91 Å². The van der Waals surface area contributed by atoms with Crippen LogP contribution < -0.4 is 15.8 Å². The Morgan fingerprint density at radius 1 is 1.35 bits per heavy atom. The van der Waals surface area contributed by atoms with Gasteiger partial charge in [0.25, 0.3) is 0 Å². The van der Waals surface area contributed by atoms with Crippen molar-refractivity contribution in [2.24, 2.45) is 11.7 Å². The highest BCUT2D eigenvalue weighted by Crippen LogP contribution is 2.23. The Bertz CT molecular complexity index is 501. The largest absolute Gasteiger partial charge is 0.491 e.